The van der Waals surface area contributed by atoms with Gasteiger partial charge < -0.3 is 5.32 Å². The summed E-state index contributed by atoms with van der Waals surface area (Å²) in [5.41, 5.74) is 4.51. The molecule has 0 radical (unpaired) electrons. The molecule has 2 aromatic carbocycles. The summed E-state index contributed by atoms with van der Waals surface area (Å²) in [7, 11) is 0. The van der Waals surface area contributed by atoms with Crippen LogP contribution in [0.4, 0.5) is 5.69 Å². The number of anilines is 1. The Kier molecular flexibility index (Phi) is 4.15. The smallest absolute Gasteiger partial charge is 0.187 e. The molecule has 1 aliphatic carbocycles. The first-order valence-corrected chi connectivity index (χ1v) is 7.47. The predicted octanol–water partition coefficient (Wildman–Crippen LogP) is 4.37. The van der Waals surface area contributed by atoms with Gasteiger partial charge in [-0.2, -0.15) is 0 Å². The van der Waals surface area contributed by atoms with Gasteiger partial charge >= 0.3 is 0 Å². The van der Waals surface area contributed by atoms with Crippen LogP contribution in [-0.4, -0.2) is 5.78 Å². The van der Waals surface area contributed by atoms with E-state index in [1.807, 2.05) is 36.4 Å². The number of carbonyl (C=O) groups is 1. The van der Waals surface area contributed by atoms with Crippen LogP contribution in [0, 0.1) is 0 Å². The zero-order valence-electron chi connectivity index (χ0n) is 12.0. The average molecular weight is 277 g/mol. The summed E-state index contributed by atoms with van der Waals surface area (Å²) in [5.74, 6) is 0.0480. The molecule has 106 valence electrons. The van der Waals surface area contributed by atoms with Gasteiger partial charge in [0.25, 0.3) is 0 Å². The molecule has 0 heterocycles. The van der Waals surface area contributed by atoms with Crippen LogP contribution in [0.15, 0.2) is 60.8 Å². The number of nitrogens with one attached hydrogen (secondary N) is 1. The van der Waals surface area contributed by atoms with Crippen molar-refractivity contribution in [2.75, 3.05) is 5.32 Å². The van der Waals surface area contributed by atoms with Crippen LogP contribution >= 0.6 is 0 Å². The highest BCUT2D eigenvalue weighted by Gasteiger charge is 2.11. The zero-order valence-corrected chi connectivity index (χ0v) is 12.0. The molecule has 21 heavy (non-hydrogen) atoms. The van der Waals surface area contributed by atoms with Crippen molar-refractivity contribution in [3.05, 3.63) is 77.5 Å². The molecule has 2 heteroatoms. The maximum Gasteiger partial charge on any atom is 0.187 e. The minimum absolute atomic E-state index is 0.0480. The van der Waals surface area contributed by atoms with E-state index in [1.54, 1.807) is 12.3 Å². The van der Waals surface area contributed by atoms with E-state index in [0.29, 0.717) is 0 Å². The lowest BCUT2D eigenvalue weighted by atomic mass is 9.90. The molecule has 0 aromatic heterocycles. The van der Waals surface area contributed by atoms with Crippen molar-refractivity contribution < 1.29 is 4.79 Å². The van der Waals surface area contributed by atoms with Crippen molar-refractivity contribution in [2.45, 2.75) is 25.7 Å². The minimum Gasteiger partial charge on any atom is -0.362 e. The van der Waals surface area contributed by atoms with E-state index < -0.39 is 0 Å². The van der Waals surface area contributed by atoms with E-state index in [0.717, 1.165) is 24.1 Å². The Morgan fingerprint density at radius 2 is 1.71 bits per heavy atom. The maximum atomic E-state index is 12.2. The second kappa shape index (κ2) is 6.40. The van der Waals surface area contributed by atoms with Crippen LogP contribution < -0.4 is 5.32 Å². The quantitative estimate of drug-likeness (QED) is 0.664. The van der Waals surface area contributed by atoms with E-state index in [4.69, 9.17) is 0 Å². The first-order chi connectivity index (χ1) is 10.3. The van der Waals surface area contributed by atoms with Gasteiger partial charge in [-0.15, -0.1) is 0 Å². The Morgan fingerprint density at radius 1 is 0.952 bits per heavy atom. The lowest BCUT2D eigenvalue weighted by Gasteiger charge is -2.15. The van der Waals surface area contributed by atoms with Gasteiger partial charge in [0.05, 0.1) is 0 Å². The number of hydrogen-bond donors (Lipinski definition) is 1. The lowest BCUT2D eigenvalue weighted by molar-refractivity contribution is 0.104. The zero-order chi connectivity index (χ0) is 14.5. The fourth-order valence-corrected chi connectivity index (χ4v) is 2.73. The van der Waals surface area contributed by atoms with Gasteiger partial charge in [0.2, 0.25) is 0 Å². The van der Waals surface area contributed by atoms with Crippen molar-refractivity contribution in [2.24, 2.45) is 0 Å². The number of hydrogen-bond acceptors (Lipinski definition) is 2. The first-order valence-electron chi connectivity index (χ1n) is 7.47. The van der Waals surface area contributed by atoms with Crippen molar-refractivity contribution in [3.8, 4) is 0 Å². The molecule has 0 atom stereocenters. The Morgan fingerprint density at radius 3 is 2.52 bits per heavy atom. The molecule has 0 unspecified atom stereocenters. The summed E-state index contributed by atoms with van der Waals surface area (Å²) in [6, 6.07) is 15.9. The number of rotatable bonds is 4. The van der Waals surface area contributed by atoms with E-state index in [1.165, 1.54) is 24.0 Å². The number of aryl methyl sites for hydroxylation is 2. The molecule has 0 saturated carbocycles. The number of para-hydroxylation sites is 1. The molecule has 0 amide bonds. The molecule has 0 fully saturated rings. The molecule has 1 aliphatic rings. The molecule has 0 aliphatic heterocycles. The molecular weight excluding hydrogens is 258 g/mol. The highest BCUT2D eigenvalue weighted by Crippen LogP contribution is 2.22. The van der Waals surface area contributed by atoms with Crippen LogP contribution in [0.5, 0.6) is 0 Å². The van der Waals surface area contributed by atoms with Gasteiger partial charge in [-0.25, -0.2) is 0 Å². The number of benzene rings is 2. The van der Waals surface area contributed by atoms with Crippen molar-refractivity contribution >= 4 is 11.5 Å². The Hall–Kier alpha value is -2.35. The van der Waals surface area contributed by atoms with Crippen LogP contribution in [0.3, 0.4) is 0 Å². The second-order valence-corrected chi connectivity index (χ2v) is 5.40. The monoisotopic (exact) mass is 277 g/mol. The highest BCUT2D eigenvalue weighted by molar-refractivity contribution is 6.04. The van der Waals surface area contributed by atoms with E-state index in [-0.39, 0.29) is 5.78 Å². The predicted molar refractivity (Wildman–Crippen MR) is 86.6 cm³/mol. The van der Waals surface area contributed by atoms with Crippen molar-refractivity contribution in [1.82, 2.24) is 0 Å². The number of fused-ring (bicyclic) bond motifs is 1. The molecule has 3 rings (SSSR count). The number of allylic oxidation sites excluding steroid dienone is 1. The topological polar surface area (TPSA) is 29.1 Å². The number of carbonyl (C=O) groups excluding carboxylic acids is 1. The maximum absolute atomic E-state index is 12.2. The standard InChI is InChI=1S/C19H19NO/c21-19(12-13-20-18-8-2-1-3-9-18)17-11-10-15-6-4-5-7-16(15)14-17/h1-3,8-14,20H,4-7H2. The summed E-state index contributed by atoms with van der Waals surface area (Å²) in [5, 5.41) is 3.11. The fraction of sp³-hybridized carbons (Fsp3) is 0.211. The fourth-order valence-electron chi connectivity index (χ4n) is 2.73. The van der Waals surface area contributed by atoms with E-state index in [9.17, 15) is 4.79 Å². The third-order valence-electron chi connectivity index (χ3n) is 3.89. The molecular formula is C19H19NO. The minimum atomic E-state index is 0.0480. The van der Waals surface area contributed by atoms with Gasteiger partial charge in [0.15, 0.2) is 5.78 Å². The molecule has 0 spiro atoms. The largest absolute Gasteiger partial charge is 0.362 e. The molecule has 0 bridgehead atoms. The average Bonchev–Trinajstić information content (AvgIpc) is 2.55. The van der Waals surface area contributed by atoms with Crippen LogP contribution in [0.1, 0.15) is 34.3 Å². The van der Waals surface area contributed by atoms with Gasteiger partial charge in [-0.05, 0) is 55.0 Å². The summed E-state index contributed by atoms with van der Waals surface area (Å²) in [6.07, 6.45) is 8.05. The second-order valence-electron chi connectivity index (χ2n) is 5.40. The third-order valence-corrected chi connectivity index (χ3v) is 3.89. The summed E-state index contributed by atoms with van der Waals surface area (Å²) in [6.45, 7) is 0. The number of ketones is 1. The van der Waals surface area contributed by atoms with Crippen LogP contribution in [-0.2, 0) is 12.8 Å². The molecule has 2 aromatic rings. The van der Waals surface area contributed by atoms with Gasteiger partial charge in [0.1, 0.15) is 0 Å². The molecule has 1 N–H and O–H groups in total. The van der Waals surface area contributed by atoms with Gasteiger partial charge in [-0.3, -0.25) is 4.79 Å². The van der Waals surface area contributed by atoms with E-state index in [2.05, 4.69) is 17.4 Å². The summed E-state index contributed by atoms with van der Waals surface area (Å²) >= 11 is 0. The molecule has 0 saturated heterocycles. The van der Waals surface area contributed by atoms with Gasteiger partial charge in [0, 0.05) is 23.5 Å². The van der Waals surface area contributed by atoms with Crippen molar-refractivity contribution in [1.29, 1.82) is 0 Å². The summed E-state index contributed by atoms with van der Waals surface area (Å²) < 4.78 is 0. The third kappa shape index (κ3) is 3.40. The molecule has 2 nitrogen and oxygen atoms in total. The Balaban J connectivity index is 1.68. The lowest BCUT2D eigenvalue weighted by Crippen LogP contribution is -2.05. The summed E-state index contributed by atoms with van der Waals surface area (Å²) in [4.78, 5) is 12.2. The van der Waals surface area contributed by atoms with E-state index >= 15 is 0 Å². The van der Waals surface area contributed by atoms with Crippen LogP contribution in [0.2, 0.25) is 0 Å². The first kappa shape index (κ1) is 13.6. The normalized spacial score (nSPS) is 13.9. The highest BCUT2D eigenvalue weighted by atomic mass is 16.1. The van der Waals surface area contributed by atoms with Gasteiger partial charge in [-0.1, -0.05) is 30.3 Å². The van der Waals surface area contributed by atoms with Crippen LogP contribution in [0.25, 0.3) is 0 Å². The Labute approximate surface area is 125 Å². The Bertz CT molecular complexity index is 659. The SMILES string of the molecule is O=C(C=CNc1ccccc1)c1ccc2c(c1)CCCC2. The van der Waals surface area contributed by atoms with Crippen molar-refractivity contribution in [3.63, 3.8) is 0 Å².